The van der Waals surface area contributed by atoms with Crippen LogP contribution < -0.4 is 0 Å². The van der Waals surface area contributed by atoms with E-state index in [1.54, 1.807) is 11.8 Å². The largest absolute Gasteiger partial charge is 0.245 e. The van der Waals surface area contributed by atoms with Crippen LogP contribution in [-0.4, -0.2) is 10.7 Å². The molecular formula is C11H12N2S. The van der Waals surface area contributed by atoms with Gasteiger partial charge in [-0.25, -0.2) is 4.98 Å². The van der Waals surface area contributed by atoms with Crippen molar-refractivity contribution in [3.8, 4) is 6.07 Å². The lowest BCUT2D eigenvalue weighted by molar-refractivity contribution is 1.03. The molecule has 72 valence electrons. The number of thioether (sulfide) groups is 1. The number of pyridine rings is 1. The summed E-state index contributed by atoms with van der Waals surface area (Å²) in [5.41, 5.74) is 2.63. The summed E-state index contributed by atoms with van der Waals surface area (Å²) < 4.78 is 0. The summed E-state index contributed by atoms with van der Waals surface area (Å²) in [7, 11) is 0. The van der Waals surface area contributed by atoms with Gasteiger partial charge in [-0.1, -0.05) is 6.08 Å². The van der Waals surface area contributed by atoms with Crippen molar-refractivity contribution in [3.63, 3.8) is 0 Å². The summed E-state index contributed by atoms with van der Waals surface area (Å²) in [6.07, 6.45) is 1.81. The highest BCUT2D eigenvalue weighted by atomic mass is 32.2. The molecule has 0 amide bonds. The third-order valence-corrected chi connectivity index (χ3v) is 2.73. The van der Waals surface area contributed by atoms with Gasteiger partial charge in [0.25, 0.3) is 0 Å². The van der Waals surface area contributed by atoms with Gasteiger partial charge in [-0.3, -0.25) is 0 Å². The smallest absolute Gasteiger partial charge is 0.115 e. The average molecular weight is 204 g/mol. The fourth-order valence-corrected chi connectivity index (χ4v) is 2.02. The minimum absolute atomic E-state index is 0.683. The molecule has 14 heavy (non-hydrogen) atoms. The van der Waals surface area contributed by atoms with Gasteiger partial charge in [0, 0.05) is 11.4 Å². The third-order valence-electron chi connectivity index (χ3n) is 1.76. The molecular weight excluding hydrogens is 192 g/mol. The molecule has 1 aromatic rings. The molecule has 0 aliphatic rings. The van der Waals surface area contributed by atoms with E-state index in [0.717, 1.165) is 22.0 Å². The lowest BCUT2D eigenvalue weighted by Crippen LogP contribution is -1.94. The van der Waals surface area contributed by atoms with Crippen LogP contribution >= 0.6 is 11.8 Å². The zero-order chi connectivity index (χ0) is 10.6. The van der Waals surface area contributed by atoms with Gasteiger partial charge in [0.15, 0.2) is 0 Å². The summed E-state index contributed by atoms with van der Waals surface area (Å²) in [6.45, 7) is 7.52. The van der Waals surface area contributed by atoms with E-state index in [2.05, 4.69) is 17.6 Å². The van der Waals surface area contributed by atoms with Crippen LogP contribution in [0.1, 0.15) is 16.8 Å². The van der Waals surface area contributed by atoms with Gasteiger partial charge in [-0.15, -0.1) is 18.3 Å². The van der Waals surface area contributed by atoms with Gasteiger partial charge >= 0.3 is 0 Å². The second-order valence-electron chi connectivity index (χ2n) is 2.97. The molecule has 0 N–H and O–H groups in total. The number of nitrogens with zero attached hydrogens (tertiary/aromatic N) is 2. The van der Waals surface area contributed by atoms with Crippen molar-refractivity contribution in [3.05, 3.63) is 35.5 Å². The molecule has 0 aliphatic carbocycles. The molecule has 3 heteroatoms. The van der Waals surface area contributed by atoms with Crippen LogP contribution in [0, 0.1) is 25.2 Å². The van der Waals surface area contributed by atoms with Crippen molar-refractivity contribution in [1.82, 2.24) is 4.98 Å². The summed E-state index contributed by atoms with van der Waals surface area (Å²) >= 11 is 1.55. The highest BCUT2D eigenvalue weighted by Gasteiger charge is 2.07. The fourth-order valence-electron chi connectivity index (χ4n) is 1.18. The molecule has 0 unspecified atom stereocenters. The molecule has 1 heterocycles. The average Bonchev–Trinajstić information content (AvgIpc) is 2.14. The Morgan fingerprint density at radius 3 is 2.93 bits per heavy atom. The van der Waals surface area contributed by atoms with Crippen LogP contribution in [0.5, 0.6) is 0 Å². The number of nitriles is 1. The summed E-state index contributed by atoms with van der Waals surface area (Å²) in [4.78, 5) is 4.34. The van der Waals surface area contributed by atoms with Crippen molar-refractivity contribution in [2.75, 3.05) is 5.75 Å². The minimum Gasteiger partial charge on any atom is -0.245 e. The van der Waals surface area contributed by atoms with E-state index in [1.807, 2.05) is 26.0 Å². The molecule has 0 spiro atoms. The Hall–Kier alpha value is -1.27. The van der Waals surface area contributed by atoms with Gasteiger partial charge in [0.1, 0.15) is 11.1 Å². The first kappa shape index (κ1) is 10.8. The van der Waals surface area contributed by atoms with Gasteiger partial charge in [0.2, 0.25) is 0 Å². The first-order valence-electron chi connectivity index (χ1n) is 4.31. The Morgan fingerprint density at radius 2 is 2.36 bits per heavy atom. The molecule has 1 aromatic heterocycles. The van der Waals surface area contributed by atoms with Gasteiger partial charge < -0.3 is 0 Å². The Morgan fingerprint density at radius 1 is 1.64 bits per heavy atom. The molecule has 0 atom stereocenters. The summed E-state index contributed by atoms with van der Waals surface area (Å²) in [5.74, 6) is 0.782. The number of hydrogen-bond acceptors (Lipinski definition) is 3. The zero-order valence-corrected chi connectivity index (χ0v) is 9.19. The number of hydrogen-bond donors (Lipinski definition) is 0. The quantitative estimate of drug-likeness (QED) is 0.561. The number of rotatable bonds is 3. The van der Waals surface area contributed by atoms with E-state index in [4.69, 9.17) is 5.26 Å². The van der Waals surface area contributed by atoms with Crippen molar-refractivity contribution in [1.29, 1.82) is 5.26 Å². The number of aromatic nitrogens is 1. The van der Waals surface area contributed by atoms with Crippen LogP contribution in [0.4, 0.5) is 0 Å². The normalized spacial score (nSPS) is 9.50. The maximum Gasteiger partial charge on any atom is 0.115 e. The zero-order valence-electron chi connectivity index (χ0n) is 8.37. The van der Waals surface area contributed by atoms with Crippen LogP contribution in [-0.2, 0) is 0 Å². The van der Waals surface area contributed by atoms with Gasteiger partial charge in [0.05, 0.1) is 5.56 Å². The molecule has 0 bridgehead atoms. The van der Waals surface area contributed by atoms with E-state index >= 15 is 0 Å². The second kappa shape index (κ2) is 4.83. The Labute approximate surface area is 88.7 Å². The molecule has 0 saturated heterocycles. The molecule has 0 fully saturated rings. The Kier molecular flexibility index (Phi) is 3.73. The lowest BCUT2D eigenvalue weighted by atomic mass is 10.1. The van der Waals surface area contributed by atoms with Crippen molar-refractivity contribution < 1.29 is 0 Å². The predicted molar refractivity (Wildman–Crippen MR) is 59.3 cm³/mol. The fraction of sp³-hybridized carbons (Fsp3) is 0.273. The molecule has 0 aromatic carbocycles. The van der Waals surface area contributed by atoms with E-state index in [9.17, 15) is 0 Å². The summed E-state index contributed by atoms with van der Waals surface area (Å²) in [6, 6.07) is 4.11. The first-order chi connectivity index (χ1) is 6.69. The Balaban J connectivity index is 3.12. The SMILES string of the molecule is C=CCSc1nc(C)cc(C)c1C#N. The molecule has 0 aliphatic heterocycles. The third kappa shape index (κ3) is 2.36. The topological polar surface area (TPSA) is 36.7 Å². The molecule has 0 radical (unpaired) electrons. The van der Waals surface area contributed by atoms with Crippen LogP contribution in [0.3, 0.4) is 0 Å². The Bertz CT molecular complexity index is 391. The van der Waals surface area contributed by atoms with Crippen LogP contribution in [0.15, 0.2) is 23.7 Å². The van der Waals surface area contributed by atoms with E-state index in [1.165, 1.54) is 0 Å². The molecule has 1 rings (SSSR count). The monoisotopic (exact) mass is 204 g/mol. The van der Waals surface area contributed by atoms with Crippen LogP contribution in [0.2, 0.25) is 0 Å². The molecule has 2 nitrogen and oxygen atoms in total. The van der Waals surface area contributed by atoms with E-state index < -0.39 is 0 Å². The first-order valence-corrected chi connectivity index (χ1v) is 5.29. The van der Waals surface area contributed by atoms with Crippen LogP contribution in [0.25, 0.3) is 0 Å². The van der Waals surface area contributed by atoms with Crippen molar-refractivity contribution >= 4 is 11.8 Å². The predicted octanol–water partition coefficient (Wildman–Crippen LogP) is 2.85. The standard InChI is InChI=1S/C11H12N2S/c1-4-5-14-11-10(7-12)8(2)6-9(3)13-11/h4,6H,1,5H2,2-3H3. The number of aryl methyl sites for hydroxylation is 2. The van der Waals surface area contributed by atoms with E-state index in [-0.39, 0.29) is 0 Å². The lowest BCUT2D eigenvalue weighted by Gasteiger charge is -2.05. The van der Waals surface area contributed by atoms with Crippen molar-refractivity contribution in [2.24, 2.45) is 0 Å². The highest BCUT2D eigenvalue weighted by Crippen LogP contribution is 2.23. The van der Waals surface area contributed by atoms with E-state index in [0.29, 0.717) is 5.56 Å². The van der Waals surface area contributed by atoms with Gasteiger partial charge in [-0.2, -0.15) is 5.26 Å². The summed E-state index contributed by atoms with van der Waals surface area (Å²) in [5, 5.41) is 9.77. The highest BCUT2D eigenvalue weighted by molar-refractivity contribution is 7.99. The second-order valence-corrected chi connectivity index (χ2v) is 3.98. The molecule has 0 saturated carbocycles. The maximum absolute atomic E-state index is 8.96. The van der Waals surface area contributed by atoms with Gasteiger partial charge in [-0.05, 0) is 25.5 Å². The van der Waals surface area contributed by atoms with Crippen molar-refractivity contribution in [2.45, 2.75) is 18.9 Å². The maximum atomic E-state index is 8.96. The minimum atomic E-state index is 0.683.